The van der Waals surface area contributed by atoms with Crippen LogP contribution in [-0.4, -0.2) is 24.6 Å². The fourth-order valence-electron chi connectivity index (χ4n) is 1.59. The van der Waals surface area contributed by atoms with E-state index in [0.29, 0.717) is 17.9 Å². The maximum Gasteiger partial charge on any atom is 0.279 e. The zero-order valence-corrected chi connectivity index (χ0v) is 12.3. The minimum absolute atomic E-state index is 0.0836. The molecule has 0 saturated heterocycles. The van der Waals surface area contributed by atoms with Crippen LogP contribution in [-0.2, 0) is 16.4 Å². The highest BCUT2D eigenvalue weighted by Crippen LogP contribution is 2.26. The zero-order valence-electron chi connectivity index (χ0n) is 10.7. The summed E-state index contributed by atoms with van der Waals surface area (Å²) in [6.07, 6.45) is 3.90. The van der Waals surface area contributed by atoms with Gasteiger partial charge in [0, 0.05) is 11.3 Å². The van der Waals surface area contributed by atoms with Crippen molar-refractivity contribution in [2.75, 3.05) is 11.0 Å². The maximum absolute atomic E-state index is 12.2. The van der Waals surface area contributed by atoms with E-state index < -0.39 is 10.0 Å². The SMILES string of the molecule is CCc1ncc(S(=O)(=O)Nc2ccccc2SC)[nH]1. The average molecular weight is 297 g/mol. The van der Waals surface area contributed by atoms with Gasteiger partial charge in [0.25, 0.3) is 10.0 Å². The van der Waals surface area contributed by atoms with Gasteiger partial charge in [-0.2, -0.15) is 8.42 Å². The number of aromatic nitrogens is 2. The second-order valence-electron chi connectivity index (χ2n) is 3.85. The Morgan fingerprint density at radius 2 is 2.11 bits per heavy atom. The lowest BCUT2D eigenvalue weighted by Crippen LogP contribution is -2.14. The van der Waals surface area contributed by atoms with E-state index in [2.05, 4.69) is 14.7 Å². The molecule has 2 rings (SSSR count). The molecule has 1 aromatic carbocycles. The van der Waals surface area contributed by atoms with Crippen LogP contribution in [0.4, 0.5) is 5.69 Å². The van der Waals surface area contributed by atoms with Gasteiger partial charge in [-0.3, -0.25) is 4.72 Å². The zero-order chi connectivity index (χ0) is 13.9. The Kier molecular flexibility index (Phi) is 4.16. The number of sulfonamides is 1. The number of anilines is 1. The van der Waals surface area contributed by atoms with Gasteiger partial charge >= 0.3 is 0 Å². The highest BCUT2D eigenvalue weighted by molar-refractivity contribution is 7.99. The van der Waals surface area contributed by atoms with E-state index >= 15 is 0 Å². The molecule has 0 radical (unpaired) electrons. The predicted molar refractivity (Wildman–Crippen MR) is 77.0 cm³/mol. The number of thioether (sulfide) groups is 1. The van der Waals surface area contributed by atoms with Crippen LogP contribution in [0.2, 0.25) is 0 Å². The van der Waals surface area contributed by atoms with Gasteiger partial charge in [-0.05, 0) is 18.4 Å². The monoisotopic (exact) mass is 297 g/mol. The summed E-state index contributed by atoms with van der Waals surface area (Å²) in [4.78, 5) is 7.67. The highest BCUT2D eigenvalue weighted by Gasteiger charge is 2.18. The molecule has 2 aromatic rings. The topological polar surface area (TPSA) is 74.8 Å². The molecule has 102 valence electrons. The Balaban J connectivity index is 2.31. The minimum atomic E-state index is -3.62. The molecule has 0 amide bonds. The highest BCUT2D eigenvalue weighted by atomic mass is 32.2. The van der Waals surface area contributed by atoms with Crippen LogP contribution in [0.1, 0.15) is 12.7 Å². The second-order valence-corrected chi connectivity index (χ2v) is 6.35. The van der Waals surface area contributed by atoms with Gasteiger partial charge in [-0.15, -0.1) is 11.8 Å². The van der Waals surface area contributed by atoms with E-state index in [1.807, 2.05) is 25.3 Å². The standard InChI is InChI=1S/C12H15N3O2S2/c1-3-11-13-8-12(14-11)19(16,17)15-9-6-4-5-7-10(9)18-2/h4-8,15H,3H2,1-2H3,(H,13,14). The summed E-state index contributed by atoms with van der Waals surface area (Å²) in [5.41, 5.74) is 0.572. The van der Waals surface area contributed by atoms with Gasteiger partial charge < -0.3 is 4.98 Å². The van der Waals surface area contributed by atoms with Crippen LogP contribution in [0.3, 0.4) is 0 Å². The van der Waals surface area contributed by atoms with E-state index in [1.165, 1.54) is 18.0 Å². The maximum atomic E-state index is 12.2. The van der Waals surface area contributed by atoms with E-state index in [4.69, 9.17) is 0 Å². The van der Waals surface area contributed by atoms with Crippen molar-refractivity contribution in [3.8, 4) is 0 Å². The van der Waals surface area contributed by atoms with Crippen LogP contribution < -0.4 is 4.72 Å². The van der Waals surface area contributed by atoms with Crippen molar-refractivity contribution in [3.05, 3.63) is 36.3 Å². The number of aromatic amines is 1. The van der Waals surface area contributed by atoms with Crippen LogP contribution in [0.5, 0.6) is 0 Å². The number of para-hydroxylation sites is 1. The largest absolute Gasteiger partial charge is 0.332 e. The van der Waals surface area contributed by atoms with E-state index in [1.54, 1.807) is 12.1 Å². The van der Waals surface area contributed by atoms with Crippen molar-refractivity contribution < 1.29 is 8.42 Å². The van der Waals surface area contributed by atoms with Crippen LogP contribution in [0, 0.1) is 0 Å². The van der Waals surface area contributed by atoms with Crippen LogP contribution in [0.25, 0.3) is 0 Å². The summed E-state index contributed by atoms with van der Waals surface area (Å²) in [5, 5.41) is 0.0836. The number of benzene rings is 1. The summed E-state index contributed by atoms with van der Waals surface area (Å²) in [6, 6.07) is 7.27. The molecular weight excluding hydrogens is 282 g/mol. The van der Waals surface area contributed by atoms with Crippen molar-refractivity contribution in [1.29, 1.82) is 0 Å². The summed E-state index contributed by atoms with van der Waals surface area (Å²) < 4.78 is 27.0. The molecule has 0 atom stereocenters. The number of rotatable bonds is 5. The van der Waals surface area contributed by atoms with Gasteiger partial charge in [-0.25, -0.2) is 4.98 Å². The fourth-order valence-corrected chi connectivity index (χ4v) is 3.23. The molecule has 7 heteroatoms. The lowest BCUT2D eigenvalue weighted by molar-refractivity contribution is 0.598. The van der Waals surface area contributed by atoms with Crippen molar-refractivity contribution in [2.45, 2.75) is 23.3 Å². The first-order chi connectivity index (χ1) is 9.06. The molecule has 0 bridgehead atoms. The number of nitrogens with zero attached hydrogens (tertiary/aromatic N) is 1. The fraction of sp³-hybridized carbons (Fsp3) is 0.250. The molecule has 2 N–H and O–H groups in total. The van der Waals surface area contributed by atoms with Gasteiger partial charge in [0.2, 0.25) is 0 Å². The van der Waals surface area contributed by atoms with Gasteiger partial charge in [-0.1, -0.05) is 19.1 Å². The first kappa shape index (κ1) is 14.0. The quantitative estimate of drug-likeness (QED) is 0.831. The number of imidazole rings is 1. The van der Waals surface area contributed by atoms with Crippen LogP contribution >= 0.6 is 11.8 Å². The molecule has 19 heavy (non-hydrogen) atoms. The normalized spacial score (nSPS) is 11.5. The number of hydrogen-bond donors (Lipinski definition) is 2. The molecule has 0 unspecified atom stereocenters. The Bertz CT molecular complexity index is 665. The lowest BCUT2D eigenvalue weighted by Gasteiger charge is -2.09. The third-order valence-corrected chi connectivity index (χ3v) is 4.65. The molecule has 0 fully saturated rings. The Morgan fingerprint density at radius 1 is 1.37 bits per heavy atom. The van der Waals surface area contributed by atoms with E-state index in [-0.39, 0.29) is 5.03 Å². The molecule has 0 aliphatic heterocycles. The van der Waals surface area contributed by atoms with Crippen molar-refractivity contribution in [3.63, 3.8) is 0 Å². The first-order valence-corrected chi connectivity index (χ1v) is 8.47. The van der Waals surface area contributed by atoms with Crippen LogP contribution in [0.15, 0.2) is 40.4 Å². The third-order valence-electron chi connectivity index (χ3n) is 2.58. The molecule has 0 aliphatic rings. The van der Waals surface area contributed by atoms with Crippen molar-refractivity contribution >= 4 is 27.5 Å². The minimum Gasteiger partial charge on any atom is -0.332 e. The lowest BCUT2D eigenvalue weighted by atomic mass is 10.3. The smallest absolute Gasteiger partial charge is 0.279 e. The second kappa shape index (κ2) is 5.66. The number of hydrogen-bond acceptors (Lipinski definition) is 4. The van der Waals surface area contributed by atoms with Gasteiger partial charge in [0.15, 0.2) is 5.03 Å². The molecule has 0 saturated carbocycles. The Hall–Kier alpha value is -1.47. The van der Waals surface area contributed by atoms with Gasteiger partial charge in [0.1, 0.15) is 5.82 Å². The summed E-state index contributed by atoms with van der Waals surface area (Å²) in [6.45, 7) is 1.91. The van der Waals surface area contributed by atoms with Crippen molar-refractivity contribution in [2.24, 2.45) is 0 Å². The molecular formula is C12H15N3O2S2. The Morgan fingerprint density at radius 3 is 2.74 bits per heavy atom. The number of H-pyrrole nitrogens is 1. The van der Waals surface area contributed by atoms with E-state index in [9.17, 15) is 8.42 Å². The summed E-state index contributed by atoms with van der Waals surface area (Å²) >= 11 is 1.49. The van der Waals surface area contributed by atoms with Crippen molar-refractivity contribution in [1.82, 2.24) is 9.97 Å². The summed E-state index contributed by atoms with van der Waals surface area (Å²) in [5.74, 6) is 0.651. The molecule has 1 heterocycles. The molecule has 1 aromatic heterocycles. The predicted octanol–water partition coefficient (Wildman–Crippen LogP) is 2.49. The number of aryl methyl sites for hydroxylation is 1. The van der Waals surface area contributed by atoms with Gasteiger partial charge in [0.05, 0.1) is 11.9 Å². The molecule has 0 spiro atoms. The van der Waals surface area contributed by atoms with E-state index in [0.717, 1.165) is 4.90 Å². The Labute approximate surface area is 116 Å². The molecule has 0 aliphatic carbocycles. The third kappa shape index (κ3) is 3.10. The summed E-state index contributed by atoms with van der Waals surface area (Å²) in [7, 11) is -3.62. The first-order valence-electron chi connectivity index (χ1n) is 5.76. The average Bonchev–Trinajstić information content (AvgIpc) is 2.88. The molecule has 5 nitrogen and oxygen atoms in total. The number of nitrogens with one attached hydrogen (secondary N) is 2.